The van der Waals surface area contributed by atoms with E-state index in [9.17, 15) is 0 Å². The second-order valence-corrected chi connectivity index (χ2v) is 3.06. The summed E-state index contributed by atoms with van der Waals surface area (Å²) in [6.07, 6.45) is 0.990. The van der Waals surface area contributed by atoms with Crippen LogP contribution in [0.2, 0.25) is 0 Å². The van der Waals surface area contributed by atoms with Crippen LogP contribution in [0.25, 0.3) is 0 Å². The zero-order valence-corrected chi connectivity index (χ0v) is 8.29. The topological polar surface area (TPSA) is 23.3 Å². The highest BCUT2D eigenvalue weighted by molar-refractivity contribution is 5.37. The van der Waals surface area contributed by atoms with E-state index in [0.717, 1.165) is 25.3 Å². The second kappa shape index (κ2) is 5.60. The van der Waals surface area contributed by atoms with E-state index in [1.54, 1.807) is 7.11 Å². The summed E-state index contributed by atoms with van der Waals surface area (Å²) in [5.41, 5.74) is 2.33. The van der Waals surface area contributed by atoms with E-state index >= 15 is 0 Å². The molecule has 0 saturated carbocycles. The van der Waals surface area contributed by atoms with Crippen molar-refractivity contribution in [2.75, 3.05) is 20.3 Å². The van der Waals surface area contributed by atoms with Gasteiger partial charge in [-0.15, -0.1) is 0 Å². The van der Waals surface area contributed by atoms with Crippen LogP contribution in [0.1, 0.15) is 12.0 Å². The minimum absolute atomic E-state index is 0.787. The fraction of sp³-hybridized carbons (Fsp3) is 0.455. The lowest BCUT2D eigenvalue weighted by Gasteiger charge is -2.02. The van der Waals surface area contributed by atoms with Gasteiger partial charge >= 0.3 is 0 Å². The summed E-state index contributed by atoms with van der Waals surface area (Å²) in [5, 5.41) is 4.40. The Morgan fingerprint density at radius 1 is 1.23 bits per heavy atom. The van der Waals surface area contributed by atoms with Crippen molar-refractivity contribution in [3.05, 3.63) is 29.8 Å². The van der Waals surface area contributed by atoms with Gasteiger partial charge in [-0.2, -0.15) is 0 Å². The zero-order chi connectivity index (χ0) is 9.52. The summed E-state index contributed by atoms with van der Waals surface area (Å²) in [6.45, 7) is 3.71. The molecular formula is C11H16NO. The maximum atomic E-state index is 4.94. The molecule has 2 heteroatoms. The predicted octanol–water partition coefficient (Wildman–Crippen LogP) is 2.27. The lowest BCUT2D eigenvalue weighted by atomic mass is 10.2. The smallest absolute Gasteiger partial charge is 0.0574 e. The van der Waals surface area contributed by atoms with E-state index in [1.165, 1.54) is 5.56 Å². The highest BCUT2D eigenvalue weighted by atomic mass is 16.5. The quantitative estimate of drug-likeness (QED) is 0.634. The lowest BCUT2D eigenvalue weighted by molar-refractivity contribution is 0.195. The zero-order valence-electron chi connectivity index (χ0n) is 8.29. The van der Waals surface area contributed by atoms with E-state index in [1.807, 2.05) is 12.1 Å². The van der Waals surface area contributed by atoms with Crippen LogP contribution < -0.4 is 5.32 Å². The summed E-state index contributed by atoms with van der Waals surface area (Å²) >= 11 is 0. The summed E-state index contributed by atoms with van der Waals surface area (Å²) in [4.78, 5) is 0. The molecule has 0 heterocycles. The molecule has 0 aliphatic rings. The van der Waals surface area contributed by atoms with Gasteiger partial charge in [-0.3, -0.25) is 5.32 Å². The van der Waals surface area contributed by atoms with Gasteiger partial charge < -0.3 is 4.74 Å². The molecule has 0 amide bonds. The molecule has 13 heavy (non-hydrogen) atoms. The molecular weight excluding hydrogens is 162 g/mol. The van der Waals surface area contributed by atoms with Crippen molar-refractivity contribution in [3.8, 4) is 0 Å². The molecule has 0 saturated heterocycles. The van der Waals surface area contributed by atoms with Gasteiger partial charge in [0.05, 0.1) is 5.69 Å². The van der Waals surface area contributed by atoms with E-state index in [2.05, 4.69) is 24.4 Å². The van der Waals surface area contributed by atoms with Crippen molar-refractivity contribution < 1.29 is 4.74 Å². The van der Waals surface area contributed by atoms with Crippen molar-refractivity contribution in [3.63, 3.8) is 0 Å². The number of hydrogen-bond donors (Lipinski definition) is 0. The molecule has 1 aromatic rings. The normalized spacial score (nSPS) is 10.0. The van der Waals surface area contributed by atoms with Gasteiger partial charge in [0.2, 0.25) is 0 Å². The standard InChI is InChI=1S/C11H16NO/c1-10-4-6-11(7-5-10)12-8-3-9-13-2/h4-7H,3,8-9H2,1-2H3. The van der Waals surface area contributed by atoms with E-state index in [4.69, 9.17) is 4.74 Å². The van der Waals surface area contributed by atoms with Crippen LogP contribution in [-0.4, -0.2) is 20.3 Å². The molecule has 1 radical (unpaired) electrons. The minimum Gasteiger partial charge on any atom is -0.385 e. The highest BCUT2D eigenvalue weighted by Crippen LogP contribution is 2.08. The largest absolute Gasteiger partial charge is 0.385 e. The SMILES string of the molecule is COCCC[N]c1ccc(C)cc1. The first-order chi connectivity index (χ1) is 6.33. The molecule has 0 aliphatic carbocycles. The van der Waals surface area contributed by atoms with Gasteiger partial charge in [-0.25, -0.2) is 0 Å². The van der Waals surface area contributed by atoms with Gasteiger partial charge in [0.1, 0.15) is 0 Å². The Balaban J connectivity index is 2.25. The second-order valence-electron chi connectivity index (χ2n) is 3.06. The molecule has 0 atom stereocenters. The van der Waals surface area contributed by atoms with Crippen LogP contribution in [-0.2, 0) is 4.74 Å². The monoisotopic (exact) mass is 178 g/mol. The Hall–Kier alpha value is -1.02. The first-order valence-corrected chi connectivity index (χ1v) is 4.56. The number of aryl methyl sites for hydroxylation is 1. The molecule has 1 aromatic carbocycles. The van der Waals surface area contributed by atoms with E-state index < -0.39 is 0 Å². The molecule has 0 N–H and O–H groups in total. The number of rotatable bonds is 5. The summed E-state index contributed by atoms with van der Waals surface area (Å²) < 4.78 is 4.94. The number of methoxy groups -OCH3 is 1. The van der Waals surface area contributed by atoms with Crippen LogP contribution in [0.15, 0.2) is 24.3 Å². The molecule has 0 aromatic heterocycles. The van der Waals surface area contributed by atoms with Crippen LogP contribution >= 0.6 is 0 Å². The van der Waals surface area contributed by atoms with Crippen molar-refractivity contribution in [2.24, 2.45) is 0 Å². The average Bonchev–Trinajstić information content (AvgIpc) is 2.15. The maximum absolute atomic E-state index is 4.94. The third-order valence-electron chi connectivity index (χ3n) is 1.83. The van der Waals surface area contributed by atoms with Gasteiger partial charge in [0.25, 0.3) is 0 Å². The Morgan fingerprint density at radius 2 is 1.92 bits per heavy atom. The Morgan fingerprint density at radius 3 is 2.54 bits per heavy atom. The number of benzene rings is 1. The summed E-state index contributed by atoms with van der Waals surface area (Å²) in [6, 6.07) is 8.24. The minimum atomic E-state index is 0.787. The van der Waals surface area contributed by atoms with Gasteiger partial charge in [-0.05, 0) is 25.5 Å². The van der Waals surface area contributed by atoms with Crippen molar-refractivity contribution in [1.29, 1.82) is 0 Å². The van der Waals surface area contributed by atoms with E-state index in [0.29, 0.717) is 0 Å². The first kappa shape index (κ1) is 10.1. The summed E-state index contributed by atoms with van der Waals surface area (Å²) in [7, 11) is 1.71. The van der Waals surface area contributed by atoms with Crippen LogP contribution in [0.5, 0.6) is 0 Å². The molecule has 0 fully saturated rings. The average molecular weight is 178 g/mol. The molecule has 1 rings (SSSR count). The first-order valence-electron chi connectivity index (χ1n) is 4.56. The molecule has 71 valence electrons. The van der Waals surface area contributed by atoms with E-state index in [-0.39, 0.29) is 0 Å². The molecule has 0 bridgehead atoms. The molecule has 0 spiro atoms. The Kier molecular flexibility index (Phi) is 4.33. The van der Waals surface area contributed by atoms with Crippen LogP contribution in [0.3, 0.4) is 0 Å². The molecule has 2 nitrogen and oxygen atoms in total. The number of ether oxygens (including phenoxy) is 1. The van der Waals surface area contributed by atoms with Crippen molar-refractivity contribution in [2.45, 2.75) is 13.3 Å². The van der Waals surface area contributed by atoms with Gasteiger partial charge in [-0.1, -0.05) is 17.7 Å². The fourth-order valence-electron chi connectivity index (χ4n) is 1.07. The van der Waals surface area contributed by atoms with Gasteiger partial charge in [0.15, 0.2) is 0 Å². The fourth-order valence-corrected chi connectivity index (χ4v) is 1.07. The van der Waals surface area contributed by atoms with Gasteiger partial charge in [0, 0.05) is 20.3 Å². The Labute approximate surface area is 79.9 Å². The highest BCUT2D eigenvalue weighted by Gasteiger charge is 1.92. The lowest BCUT2D eigenvalue weighted by Crippen LogP contribution is -2.03. The van der Waals surface area contributed by atoms with Crippen molar-refractivity contribution in [1.82, 2.24) is 5.32 Å². The molecule has 0 unspecified atom stereocenters. The molecule has 0 aliphatic heterocycles. The third-order valence-corrected chi connectivity index (χ3v) is 1.83. The van der Waals surface area contributed by atoms with Crippen molar-refractivity contribution >= 4 is 5.69 Å². The number of nitrogens with zero attached hydrogens (tertiary/aromatic N) is 1. The maximum Gasteiger partial charge on any atom is 0.0574 e. The summed E-state index contributed by atoms with van der Waals surface area (Å²) in [5.74, 6) is 0. The predicted molar refractivity (Wildman–Crippen MR) is 54.3 cm³/mol. The van der Waals surface area contributed by atoms with Crippen LogP contribution in [0.4, 0.5) is 5.69 Å². The third kappa shape index (κ3) is 3.95. The number of hydrogen-bond acceptors (Lipinski definition) is 1. The Bertz CT molecular complexity index is 230. The van der Waals surface area contributed by atoms with Crippen LogP contribution in [0, 0.1) is 6.92 Å².